The maximum atomic E-state index is 13.1. The number of thiophene rings is 1. The molecule has 2 fully saturated rings. The maximum Gasteiger partial charge on any atom is 0.250 e. The van der Waals surface area contributed by atoms with E-state index in [2.05, 4.69) is 38.5 Å². The van der Waals surface area contributed by atoms with Crippen molar-refractivity contribution in [1.29, 1.82) is 0 Å². The second-order valence-electron chi connectivity index (χ2n) is 10.2. The van der Waals surface area contributed by atoms with Crippen molar-refractivity contribution < 1.29 is 9.59 Å². The van der Waals surface area contributed by atoms with Crippen LogP contribution >= 0.6 is 11.3 Å². The van der Waals surface area contributed by atoms with E-state index in [0.29, 0.717) is 29.5 Å². The molecule has 34 heavy (non-hydrogen) atoms. The van der Waals surface area contributed by atoms with Gasteiger partial charge in [0.15, 0.2) is 0 Å². The van der Waals surface area contributed by atoms with Crippen molar-refractivity contribution in [1.82, 2.24) is 14.8 Å². The van der Waals surface area contributed by atoms with Gasteiger partial charge in [-0.25, -0.2) is 0 Å². The number of carbonyl (C=O) groups is 2. The van der Waals surface area contributed by atoms with Crippen LogP contribution in [0.15, 0.2) is 22.9 Å². The molecule has 1 atom stereocenters. The van der Waals surface area contributed by atoms with Gasteiger partial charge in [0.1, 0.15) is 0 Å². The van der Waals surface area contributed by atoms with Crippen LogP contribution < -0.4 is 5.73 Å². The number of primary amides is 1. The Morgan fingerprint density at radius 3 is 2.56 bits per heavy atom. The molecule has 184 valence electrons. The van der Waals surface area contributed by atoms with Gasteiger partial charge in [0.25, 0.3) is 5.91 Å². The molecule has 2 aromatic heterocycles. The molecule has 2 aromatic rings. The first kappa shape index (κ1) is 24.9. The fraction of sp³-hybridized carbons (Fsp3) is 0.593. The summed E-state index contributed by atoms with van der Waals surface area (Å²) in [5, 5.41) is 4.27. The van der Waals surface area contributed by atoms with E-state index in [1.54, 1.807) is 11.3 Å². The van der Waals surface area contributed by atoms with Crippen LogP contribution in [-0.4, -0.2) is 51.8 Å². The zero-order valence-electron chi connectivity index (χ0n) is 20.8. The van der Waals surface area contributed by atoms with Gasteiger partial charge >= 0.3 is 0 Å². The first-order valence-corrected chi connectivity index (χ1v) is 13.6. The highest BCUT2D eigenvalue weighted by Gasteiger charge is 2.33. The number of hydrogen-bond acceptors (Lipinski definition) is 5. The lowest BCUT2D eigenvalue weighted by atomic mass is 9.98. The third kappa shape index (κ3) is 6.25. The number of hydrogen-bond donors (Lipinski definition) is 1. The molecule has 0 bridgehead atoms. The number of nitrogens with two attached hydrogens (primary N) is 1. The Hall–Kier alpha value is -2.25. The molecule has 3 heterocycles. The Balaban J connectivity index is 1.31. The minimum atomic E-state index is -0.408. The number of amides is 2. The van der Waals surface area contributed by atoms with E-state index in [0.717, 1.165) is 68.7 Å². The molecule has 2 amide bonds. The third-order valence-corrected chi connectivity index (χ3v) is 8.22. The molecule has 2 aliphatic rings. The van der Waals surface area contributed by atoms with Crippen LogP contribution in [0.1, 0.15) is 78.3 Å². The van der Waals surface area contributed by atoms with Crippen LogP contribution in [0.2, 0.25) is 0 Å². The van der Waals surface area contributed by atoms with Gasteiger partial charge in [0.2, 0.25) is 5.91 Å². The minimum absolute atomic E-state index is 0.336. The van der Waals surface area contributed by atoms with Crippen molar-refractivity contribution in [2.75, 3.05) is 13.1 Å². The highest BCUT2D eigenvalue weighted by Crippen LogP contribution is 2.34. The predicted octanol–water partition coefficient (Wildman–Crippen LogP) is 4.47. The average Bonchev–Trinajstić information content (AvgIpc) is 3.45. The van der Waals surface area contributed by atoms with Crippen LogP contribution in [0.4, 0.5) is 0 Å². The molecule has 1 saturated carbocycles. The number of likely N-dealkylation sites (tertiary alicyclic amines) is 1. The lowest BCUT2D eigenvalue weighted by Crippen LogP contribution is -2.49. The average molecular weight is 483 g/mol. The first-order valence-electron chi connectivity index (χ1n) is 12.6. The fourth-order valence-corrected chi connectivity index (χ4v) is 5.94. The van der Waals surface area contributed by atoms with Gasteiger partial charge in [0.05, 0.1) is 11.3 Å². The summed E-state index contributed by atoms with van der Waals surface area (Å²) in [6, 6.07) is 4.93. The molecule has 6 nitrogen and oxygen atoms in total. The Labute approximate surface area is 207 Å². The van der Waals surface area contributed by atoms with Crippen molar-refractivity contribution in [3.05, 3.63) is 51.0 Å². The van der Waals surface area contributed by atoms with E-state index in [9.17, 15) is 9.59 Å². The minimum Gasteiger partial charge on any atom is -0.366 e. The summed E-state index contributed by atoms with van der Waals surface area (Å²) in [7, 11) is 0. The fourth-order valence-electron chi connectivity index (χ4n) is 5.28. The summed E-state index contributed by atoms with van der Waals surface area (Å²) in [5.74, 6) is 0.556. The van der Waals surface area contributed by atoms with Gasteiger partial charge in [-0.3, -0.25) is 14.6 Å². The summed E-state index contributed by atoms with van der Waals surface area (Å²) in [6.07, 6.45) is 7.13. The quantitative estimate of drug-likeness (QED) is 0.542. The normalized spacial score (nSPS) is 18.1. The SMILES string of the molecule is Cc1cc(CC[C@@H](C)N2CCC(N(Cc3ccsc3)C(=O)CC3CC3)CC2)nc(C)c1C(N)=O. The summed E-state index contributed by atoms with van der Waals surface area (Å²) < 4.78 is 0. The van der Waals surface area contributed by atoms with Crippen molar-refractivity contribution in [3.8, 4) is 0 Å². The Morgan fingerprint density at radius 1 is 1.24 bits per heavy atom. The zero-order valence-corrected chi connectivity index (χ0v) is 21.6. The first-order chi connectivity index (χ1) is 16.3. The number of rotatable bonds is 10. The maximum absolute atomic E-state index is 13.1. The van der Waals surface area contributed by atoms with Crippen LogP contribution in [0.5, 0.6) is 0 Å². The van der Waals surface area contributed by atoms with Gasteiger partial charge in [0, 0.05) is 43.8 Å². The van der Waals surface area contributed by atoms with Gasteiger partial charge in [-0.1, -0.05) is 0 Å². The van der Waals surface area contributed by atoms with Gasteiger partial charge in [-0.2, -0.15) is 11.3 Å². The standard InChI is InChI=1S/C27H38N4O2S/c1-18-14-23(29-20(3)26(18)27(28)33)7-4-19(2)30-11-8-24(9-12-30)31(16-22-10-13-34-17-22)25(32)15-21-5-6-21/h10,13-14,17,19,21,24H,4-9,11-12,15-16H2,1-3H3,(H2,28,33)/t19-/m1/s1. The van der Waals surface area contributed by atoms with Crippen LogP contribution in [0.25, 0.3) is 0 Å². The molecule has 0 spiro atoms. The Bertz CT molecular complexity index is 971. The number of nitrogens with zero attached hydrogens (tertiary/aromatic N) is 3. The largest absolute Gasteiger partial charge is 0.366 e. The molecule has 0 unspecified atom stereocenters. The Morgan fingerprint density at radius 2 is 1.97 bits per heavy atom. The number of pyridine rings is 1. The number of piperidine rings is 1. The Kier molecular flexibility index (Phi) is 8.04. The third-order valence-electron chi connectivity index (χ3n) is 7.49. The second-order valence-corrected chi connectivity index (χ2v) is 11.0. The summed E-state index contributed by atoms with van der Waals surface area (Å²) in [5.41, 5.74) is 9.94. The van der Waals surface area contributed by atoms with Gasteiger partial charge in [-0.05, 0) is 99.2 Å². The predicted molar refractivity (Wildman–Crippen MR) is 137 cm³/mol. The molecule has 1 aliphatic carbocycles. The van der Waals surface area contributed by atoms with E-state index in [-0.39, 0.29) is 0 Å². The van der Waals surface area contributed by atoms with E-state index in [1.807, 2.05) is 19.9 Å². The number of aromatic nitrogens is 1. The summed E-state index contributed by atoms with van der Waals surface area (Å²) in [4.78, 5) is 34.1. The van der Waals surface area contributed by atoms with Crippen LogP contribution in [0.3, 0.4) is 0 Å². The molecule has 0 aromatic carbocycles. The van der Waals surface area contributed by atoms with Crippen molar-refractivity contribution in [2.45, 2.75) is 84.3 Å². The van der Waals surface area contributed by atoms with Crippen molar-refractivity contribution in [3.63, 3.8) is 0 Å². The van der Waals surface area contributed by atoms with Crippen LogP contribution in [0, 0.1) is 19.8 Å². The van der Waals surface area contributed by atoms with Crippen LogP contribution in [-0.2, 0) is 17.8 Å². The van der Waals surface area contributed by atoms with E-state index >= 15 is 0 Å². The smallest absolute Gasteiger partial charge is 0.250 e. The van der Waals surface area contributed by atoms with Crippen molar-refractivity contribution in [2.24, 2.45) is 11.7 Å². The monoisotopic (exact) mass is 482 g/mol. The van der Waals surface area contributed by atoms with E-state index in [1.165, 1.54) is 18.4 Å². The summed E-state index contributed by atoms with van der Waals surface area (Å²) >= 11 is 1.70. The molecule has 1 saturated heterocycles. The van der Waals surface area contributed by atoms with Crippen molar-refractivity contribution >= 4 is 23.2 Å². The number of carbonyl (C=O) groups excluding carboxylic acids is 2. The molecule has 4 rings (SSSR count). The van der Waals surface area contributed by atoms with Gasteiger partial charge in [-0.15, -0.1) is 0 Å². The number of aryl methyl sites for hydroxylation is 3. The van der Waals surface area contributed by atoms with E-state index < -0.39 is 5.91 Å². The lowest BCUT2D eigenvalue weighted by Gasteiger charge is -2.41. The molecule has 2 N–H and O–H groups in total. The highest BCUT2D eigenvalue weighted by atomic mass is 32.1. The molecule has 0 radical (unpaired) electrons. The van der Waals surface area contributed by atoms with Gasteiger partial charge < -0.3 is 15.5 Å². The molecule has 7 heteroatoms. The second kappa shape index (κ2) is 11.0. The van der Waals surface area contributed by atoms with E-state index in [4.69, 9.17) is 5.73 Å². The molecular weight excluding hydrogens is 444 g/mol. The summed E-state index contributed by atoms with van der Waals surface area (Å²) in [6.45, 7) is 8.87. The zero-order chi connectivity index (χ0) is 24.2. The lowest BCUT2D eigenvalue weighted by molar-refractivity contribution is -0.135. The topological polar surface area (TPSA) is 79.5 Å². The highest BCUT2D eigenvalue weighted by molar-refractivity contribution is 7.07. The molecular formula is C27H38N4O2S. The molecule has 1 aliphatic heterocycles.